The minimum atomic E-state index is -0.338. The van der Waals surface area contributed by atoms with E-state index in [1.807, 2.05) is 18.2 Å². The number of carbonyl (C=O) groups excluding carboxylic acids is 3. The molecule has 1 saturated heterocycles. The first kappa shape index (κ1) is 23.5. The Morgan fingerprint density at radius 3 is 2.33 bits per heavy atom. The molecule has 0 unspecified atom stereocenters. The largest absolute Gasteiger partial charge is 0.467 e. The Labute approximate surface area is 211 Å². The molecule has 2 N–H and O–H groups in total. The average molecular weight is 502 g/mol. The van der Waals surface area contributed by atoms with Crippen LogP contribution in [-0.4, -0.2) is 28.4 Å². The van der Waals surface area contributed by atoms with Gasteiger partial charge in [-0.25, -0.2) is 0 Å². The number of para-hydroxylation sites is 1. The SMILES string of the molecule is O=C(Nc1ccccc1C(=O)NCc1ccco1)c1ccc([C@@H]2SCC(=O)N2Cc2ccco2)cc1. The Bertz CT molecular complexity index is 1350. The van der Waals surface area contributed by atoms with Gasteiger partial charge in [0.25, 0.3) is 11.8 Å². The molecule has 1 atom stereocenters. The van der Waals surface area contributed by atoms with Crippen molar-refractivity contribution in [3.05, 3.63) is 114 Å². The van der Waals surface area contributed by atoms with Crippen molar-refractivity contribution in [1.82, 2.24) is 10.2 Å². The first-order chi connectivity index (χ1) is 17.6. The highest BCUT2D eigenvalue weighted by atomic mass is 32.2. The third kappa shape index (κ3) is 5.21. The zero-order valence-corrected chi connectivity index (χ0v) is 20.0. The van der Waals surface area contributed by atoms with Crippen molar-refractivity contribution in [3.8, 4) is 0 Å². The fraction of sp³-hybridized carbons (Fsp3) is 0.148. The van der Waals surface area contributed by atoms with E-state index in [0.717, 1.165) is 11.3 Å². The normalized spacial score (nSPS) is 15.2. The number of furan rings is 2. The zero-order valence-electron chi connectivity index (χ0n) is 19.2. The fourth-order valence-corrected chi connectivity index (χ4v) is 5.12. The van der Waals surface area contributed by atoms with E-state index in [1.54, 1.807) is 83.8 Å². The first-order valence-electron chi connectivity index (χ1n) is 11.3. The van der Waals surface area contributed by atoms with Crippen LogP contribution in [0, 0.1) is 0 Å². The summed E-state index contributed by atoms with van der Waals surface area (Å²) in [5, 5.41) is 5.47. The van der Waals surface area contributed by atoms with Crippen LogP contribution in [-0.2, 0) is 17.9 Å². The topological polar surface area (TPSA) is 105 Å². The Hall–Kier alpha value is -4.24. The predicted octanol–water partition coefficient (Wildman–Crippen LogP) is 4.83. The molecule has 0 spiro atoms. The van der Waals surface area contributed by atoms with E-state index < -0.39 is 0 Å². The van der Waals surface area contributed by atoms with Gasteiger partial charge in [0.05, 0.1) is 42.6 Å². The summed E-state index contributed by atoms with van der Waals surface area (Å²) in [6.07, 6.45) is 3.13. The summed E-state index contributed by atoms with van der Waals surface area (Å²) in [5.74, 6) is 1.14. The summed E-state index contributed by atoms with van der Waals surface area (Å²) in [4.78, 5) is 39.8. The van der Waals surface area contributed by atoms with Crippen molar-refractivity contribution in [2.75, 3.05) is 11.1 Å². The van der Waals surface area contributed by atoms with E-state index in [2.05, 4.69) is 10.6 Å². The number of anilines is 1. The molecule has 1 aliphatic rings. The smallest absolute Gasteiger partial charge is 0.255 e. The van der Waals surface area contributed by atoms with Gasteiger partial charge in [-0.15, -0.1) is 11.8 Å². The lowest BCUT2D eigenvalue weighted by atomic mass is 10.1. The highest BCUT2D eigenvalue weighted by Crippen LogP contribution is 2.39. The zero-order chi connectivity index (χ0) is 24.9. The van der Waals surface area contributed by atoms with Gasteiger partial charge in [0.2, 0.25) is 5.91 Å². The van der Waals surface area contributed by atoms with Crippen LogP contribution in [0.25, 0.3) is 0 Å². The second-order valence-corrected chi connectivity index (χ2v) is 9.22. The quantitative estimate of drug-likeness (QED) is 0.358. The molecule has 0 saturated carbocycles. The second-order valence-electron chi connectivity index (χ2n) is 8.15. The molecule has 0 bridgehead atoms. The molecule has 3 heterocycles. The molecule has 9 heteroatoms. The standard InChI is InChI=1S/C27H23N3O5S/c31-24-17-36-27(30(24)16-21-6-4-14-35-21)19-11-9-18(10-12-19)25(32)29-23-8-2-1-7-22(23)26(33)28-15-20-5-3-13-34-20/h1-14,27H,15-17H2,(H,28,33)(H,29,32)/t27-/m0/s1. The number of benzene rings is 2. The number of hydrogen-bond acceptors (Lipinski definition) is 6. The number of hydrogen-bond donors (Lipinski definition) is 2. The van der Waals surface area contributed by atoms with E-state index in [1.165, 1.54) is 0 Å². The van der Waals surface area contributed by atoms with Crippen LogP contribution in [0.5, 0.6) is 0 Å². The molecule has 1 aliphatic heterocycles. The highest BCUT2D eigenvalue weighted by Gasteiger charge is 2.33. The molecule has 3 amide bonds. The molecule has 36 heavy (non-hydrogen) atoms. The number of amides is 3. The Kier molecular flexibility index (Phi) is 6.90. The van der Waals surface area contributed by atoms with Crippen molar-refractivity contribution in [2.24, 2.45) is 0 Å². The summed E-state index contributed by atoms with van der Waals surface area (Å²) in [5.41, 5.74) is 2.12. The summed E-state index contributed by atoms with van der Waals surface area (Å²) in [6.45, 7) is 0.638. The van der Waals surface area contributed by atoms with Crippen molar-refractivity contribution in [3.63, 3.8) is 0 Å². The van der Waals surface area contributed by atoms with Crippen LogP contribution in [0.1, 0.15) is 43.2 Å². The Morgan fingerprint density at radius 2 is 1.61 bits per heavy atom. The number of nitrogens with one attached hydrogen (secondary N) is 2. The van der Waals surface area contributed by atoms with Crippen LogP contribution in [0.2, 0.25) is 0 Å². The molecule has 5 rings (SSSR count). The van der Waals surface area contributed by atoms with Crippen molar-refractivity contribution in [1.29, 1.82) is 0 Å². The minimum absolute atomic E-state index is 0.0464. The van der Waals surface area contributed by atoms with Crippen LogP contribution < -0.4 is 10.6 Å². The third-order valence-electron chi connectivity index (χ3n) is 5.76. The molecule has 0 aliphatic carbocycles. The average Bonchev–Trinajstić information content (AvgIpc) is 3.67. The second kappa shape index (κ2) is 10.6. The maximum Gasteiger partial charge on any atom is 0.255 e. The fourth-order valence-electron chi connectivity index (χ4n) is 3.93. The molecule has 2 aromatic heterocycles. The van der Waals surface area contributed by atoms with Gasteiger partial charge in [0.1, 0.15) is 16.9 Å². The maximum atomic E-state index is 13.0. The Morgan fingerprint density at radius 1 is 0.889 bits per heavy atom. The predicted molar refractivity (Wildman–Crippen MR) is 135 cm³/mol. The van der Waals surface area contributed by atoms with E-state index in [4.69, 9.17) is 8.83 Å². The third-order valence-corrected chi connectivity index (χ3v) is 7.01. The van der Waals surface area contributed by atoms with Crippen LogP contribution >= 0.6 is 11.8 Å². The molecular formula is C27H23N3O5S. The van der Waals surface area contributed by atoms with E-state index in [0.29, 0.717) is 34.9 Å². The van der Waals surface area contributed by atoms with Crippen LogP contribution in [0.15, 0.2) is 94.2 Å². The van der Waals surface area contributed by atoms with Gasteiger partial charge in [0.15, 0.2) is 0 Å². The number of rotatable bonds is 8. The van der Waals surface area contributed by atoms with Gasteiger partial charge in [0, 0.05) is 5.56 Å². The molecule has 0 radical (unpaired) electrons. The molecule has 2 aromatic carbocycles. The van der Waals surface area contributed by atoms with Crippen LogP contribution in [0.3, 0.4) is 0 Å². The molecule has 4 aromatic rings. The van der Waals surface area contributed by atoms with E-state index in [-0.39, 0.29) is 29.6 Å². The van der Waals surface area contributed by atoms with Gasteiger partial charge in [-0.2, -0.15) is 0 Å². The number of carbonyl (C=O) groups is 3. The lowest BCUT2D eigenvalue weighted by molar-refractivity contribution is -0.128. The lowest BCUT2D eigenvalue weighted by Crippen LogP contribution is -2.27. The maximum absolute atomic E-state index is 13.0. The molecule has 182 valence electrons. The molecule has 8 nitrogen and oxygen atoms in total. The molecular weight excluding hydrogens is 478 g/mol. The summed E-state index contributed by atoms with van der Waals surface area (Å²) in [6, 6.07) is 21.1. The lowest BCUT2D eigenvalue weighted by Gasteiger charge is -2.23. The number of thioether (sulfide) groups is 1. The number of nitrogens with zero attached hydrogens (tertiary/aromatic N) is 1. The van der Waals surface area contributed by atoms with E-state index >= 15 is 0 Å². The first-order valence-corrected chi connectivity index (χ1v) is 12.4. The van der Waals surface area contributed by atoms with Gasteiger partial charge in [-0.3, -0.25) is 14.4 Å². The van der Waals surface area contributed by atoms with Gasteiger partial charge in [-0.05, 0) is 54.1 Å². The van der Waals surface area contributed by atoms with Gasteiger partial charge in [-0.1, -0.05) is 24.3 Å². The van der Waals surface area contributed by atoms with Crippen molar-refractivity contribution >= 4 is 35.2 Å². The summed E-state index contributed by atoms with van der Waals surface area (Å²) in [7, 11) is 0. The van der Waals surface area contributed by atoms with Gasteiger partial charge < -0.3 is 24.4 Å². The van der Waals surface area contributed by atoms with Crippen molar-refractivity contribution in [2.45, 2.75) is 18.5 Å². The van der Waals surface area contributed by atoms with Gasteiger partial charge >= 0.3 is 0 Å². The summed E-state index contributed by atoms with van der Waals surface area (Å²) >= 11 is 1.54. The van der Waals surface area contributed by atoms with Crippen molar-refractivity contribution < 1.29 is 23.2 Å². The molecule has 1 fully saturated rings. The Balaban J connectivity index is 1.26. The summed E-state index contributed by atoms with van der Waals surface area (Å²) < 4.78 is 10.7. The highest BCUT2D eigenvalue weighted by molar-refractivity contribution is 8.00. The monoisotopic (exact) mass is 501 g/mol. The van der Waals surface area contributed by atoms with Crippen LogP contribution in [0.4, 0.5) is 5.69 Å². The minimum Gasteiger partial charge on any atom is -0.467 e. The van der Waals surface area contributed by atoms with E-state index in [9.17, 15) is 14.4 Å².